The molecule has 0 unspecified atom stereocenters. The predicted octanol–water partition coefficient (Wildman–Crippen LogP) is 2.51. The van der Waals surface area contributed by atoms with Gasteiger partial charge in [-0.05, 0) is 37.3 Å². The molecule has 1 nitrogen and oxygen atoms in total. The Hall–Kier alpha value is -0.340. The summed E-state index contributed by atoms with van der Waals surface area (Å²) < 4.78 is 0. The largest absolute Gasteiger partial charge is 0.296 e. The van der Waals surface area contributed by atoms with Crippen molar-refractivity contribution in [3.8, 4) is 0 Å². The summed E-state index contributed by atoms with van der Waals surface area (Å²) in [7, 11) is 0. The summed E-state index contributed by atoms with van der Waals surface area (Å²) in [6, 6.07) is 2.97. The lowest BCUT2D eigenvalue weighted by atomic mass is 10.1. The highest BCUT2D eigenvalue weighted by molar-refractivity contribution is 7.10. The van der Waals surface area contributed by atoms with Gasteiger partial charge in [-0.25, -0.2) is 0 Å². The van der Waals surface area contributed by atoms with Crippen LogP contribution in [0.5, 0.6) is 0 Å². The van der Waals surface area contributed by atoms with Crippen molar-refractivity contribution in [2.24, 2.45) is 0 Å². The first-order valence-corrected chi connectivity index (χ1v) is 5.44. The Labute approximate surface area is 78.0 Å². The lowest BCUT2D eigenvalue weighted by molar-refractivity contribution is 0.206. The molecule has 0 bridgehead atoms. The molecule has 2 heterocycles. The lowest BCUT2D eigenvalue weighted by Gasteiger charge is -2.30. The zero-order valence-corrected chi connectivity index (χ0v) is 8.53. The van der Waals surface area contributed by atoms with Crippen molar-refractivity contribution in [2.75, 3.05) is 6.54 Å². The quantitative estimate of drug-likeness (QED) is 0.643. The Morgan fingerprint density at radius 2 is 2.33 bits per heavy atom. The zero-order valence-electron chi connectivity index (χ0n) is 7.71. The van der Waals surface area contributed by atoms with Crippen molar-refractivity contribution >= 4 is 11.3 Å². The topological polar surface area (TPSA) is 3.24 Å². The maximum absolute atomic E-state index is 2.54. The van der Waals surface area contributed by atoms with Crippen LogP contribution in [-0.2, 0) is 13.0 Å². The van der Waals surface area contributed by atoms with Crippen molar-refractivity contribution < 1.29 is 0 Å². The Bertz CT molecular complexity index is 265. The van der Waals surface area contributed by atoms with Crippen LogP contribution in [0.2, 0.25) is 0 Å². The van der Waals surface area contributed by atoms with Crippen molar-refractivity contribution in [2.45, 2.75) is 32.9 Å². The number of nitrogens with zero attached hydrogens (tertiary/aromatic N) is 1. The predicted molar refractivity (Wildman–Crippen MR) is 53.6 cm³/mol. The Morgan fingerprint density at radius 3 is 3.08 bits per heavy atom. The van der Waals surface area contributed by atoms with Crippen molar-refractivity contribution in [1.82, 2.24) is 4.90 Å². The van der Waals surface area contributed by atoms with E-state index in [1.54, 1.807) is 10.4 Å². The summed E-state index contributed by atoms with van der Waals surface area (Å²) in [5, 5.41) is 2.22. The van der Waals surface area contributed by atoms with Crippen LogP contribution in [0, 0.1) is 0 Å². The van der Waals surface area contributed by atoms with E-state index < -0.39 is 0 Å². The molecular formula is C10H15NS. The third kappa shape index (κ3) is 1.41. The molecule has 0 atom stereocenters. The number of hydrogen-bond acceptors (Lipinski definition) is 2. The van der Waals surface area contributed by atoms with E-state index in [1.807, 2.05) is 11.3 Å². The van der Waals surface area contributed by atoms with Gasteiger partial charge in [-0.1, -0.05) is 0 Å². The van der Waals surface area contributed by atoms with Crippen LogP contribution in [0.4, 0.5) is 0 Å². The van der Waals surface area contributed by atoms with E-state index in [1.165, 1.54) is 19.5 Å². The van der Waals surface area contributed by atoms with Crippen LogP contribution in [0.1, 0.15) is 24.3 Å². The molecule has 0 radical (unpaired) electrons. The molecule has 12 heavy (non-hydrogen) atoms. The Balaban J connectivity index is 2.15. The minimum atomic E-state index is 0.695. The van der Waals surface area contributed by atoms with E-state index in [0.717, 1.165) is 0 Å². The third-order valence-corrected chi connectivity index (χ3v) is 3.53. The van der Waals surface area contributed by atoms with Gasteiger partial charge in [0.1, 0.15) is 0 Å². The Morgan fingerprint density at radius 1 is 1.50 bits per heavy atom. The first-order chi connectivity index (χ1) is 5.77. The molecular weight excluding hydrogens is 166 g/mol. The van der Waals surface area contributed by atoms with Crippen LogP contribution in [0.3, 0.4) is 0 Å². The smallest absolute Gasteiger partial charge is 0.0333 e. The van der Waals surface area contributed by atoms with Gasteiger partial charge in [0, 0.05) is 24.0 Å². The van der Waals surface area contributed by atoms with Gasteiger partial charge < -0.3 is 0 Å². The summed E-state index contributed by atoms with van der Waals surface area (Å²) in [6.45, 7) is 6.96. The maximum Gasteiger partial charge on any atom is 0.0333 e. The fourth-order valence-electron chi connectivity index (χ4n) is 1.70. The summed E-state index contributed by atoms with van der Waals surface area (Å²) in [4.78, 5) is 4.12. The maximum atomic E-state index is 2.54. The average molecular weight is 181 g/mol. The molecule has 0 spiro atoms. The van der Waals surface area contributed by atoms with E-state index in [-0.39, 0.29) is 0 Å². The van der Waals surface area contributed by atoms with Gasteiger partial charge in [0.15, 0.2) is 0 Å². The molecule has 1 aliphatic heterocycles. The molecule has 0 saturated heterocycles. The van der Waals surface area contributed by atoms with Gasteiger partial charge in [0.25, 0.3) is 0 Å². The van der Waals surface area contributed by atoms with Crippen LogP contribution < -0.4 is 0 Å². The van der Waals surface area contributed by atoms with Gasteiger partial charge in [0.2, 0.25) is 0 Å². The lowest BCUT2D eigenvalue weighted by Crippen LogP contribution is -2.35. The first-order valence-electron chi connectivity index (χ1n) is 4.56. The highest BCUT2D eigenvalue weighted by Crippen LogP contribution is 2.24. The molecule has 0 aromatic carbocycles. The minimum Gasteiger partial charge on any atom is -0.296 e. The monoisotopic (exact) mass is 181 g/mol. The van der Waals surface area contributed by atoms with Crippen LogP contribution in [0.15, 0.2) is 11.4 Å². The fraction of sp³-hybridized carbons (Fsp3) is 0.600. The summed E-state index contributed by atoms with van der Waals surface area (Å²) in [5.41, 5.74) is 1.58. The first kappa shape index (κ1) is 8.27. The van der Waals surface area contributed by atoms with Crippen molar-refractivity contribution in [3.05, 3.63) is 21.9 Å². The molecule has 1 aromatic heterocycles. The van der Waals surface area contributed by atoms with Crippen LogP contribution in [-0.4, -0.2) is 17.5 Å². The number of rotatable bonds is 1. The van der Waals surface area contributed by atoms with Gasteiger partial charge in [0.05, 0.1) is 0 Å². The van der Waals surface area contributed by atoms with Gasteiger partial charge in [-0.3, -0.25) is 4.90 Å². The normalized spacial score (nSPS) is 18.2. The number of fused-ring (bicyclic) bond motifs is 1. The van der Waals surface area contributed by atoms with Gasteiger partial charge >= 0.3 is 0 Å². The average Bonchev–Trinajstić information content (AvgIpc) is 2.49. The zero-order chi connectivity index (χ0) is 8.55. The number of hydrogen-bond donors (Lipinski definition) is 0. The van der Waals surface area contributed by atoms with Crippen molar-refractivity contribution in [3.63, 3.8) is 0 Å². The summed E-state index contributed by atoms with van der Waals surface area (Å²) in [6.07, 6.45) is 1.25. The third-order valence-electron chi connectivity index (χ3n) is 2.58. The fourth-order valence-corrected chi connectivity index (χ4v) is 2.66. The molecule has 1 aliphatic rings. The number of thiophene rings is 1. The van der Waals surface area contributed by atoms with Crippen LogP contribution in [0.25, 0.3) is 0 Å². The summed E-state index contributed by atoms with van der Waals surface area (Å²) in [5.74, 6) is 0. The Kier molecular flexibility index (Phi) is 2.20. The van der Waals surface area contributed by atoms with Gasteiger partial charge in [-0.2, -0.15) is 0 Å². The highest BCUT2D eigenvalue weighted by atomic mass is 32.1. The second-order valence-corrected chi connectivity index (χ2v) is 4.68. The van der Waals surface area contributed by atoms with Crippen LogP contribution >= 0.6 is 11.3 Å². The van der Waals surface area contributed by atoms with E-state index in [2.05, 4.69) is 30.2 Å². The second-order valence-electron chi connectivity index (χ2n) is 3.68. The molecule has 66 valence electrons. The van der Waals surface area contributed by atoms with E-state index in [4.69, 9.17) is 0 Å². The van der Waals surface area contributed by atoms with Crippen molar-refractivity contribution in [1.29, 1.82) is 0 Å². The molecule has 0 amide bonds. The van der Waals surface area contributed by atoms with E-state index in [0.29, 0.717) is 6.04 Å². The minimum absolute atomic E-state index is 0.695. The second kappa shape index (κ2) is 3.19. The summed E-state index contributed by atoms with van der Waals surface area (Å²) >= 11 is 1.90. The molecule has 2 heteroatoms. The molecule has 0 fully saturated rings. The molecule has 1 aromatic rings. The van der Waals surface area contributed by atoms with Gasteiger partial charge in [-0.15, -0.1) is 11.3 Å². The van der Waals surface area contributed by atoms with E-state index in [9.17, 15) is 0 Å². The van der Waals surface area contributed by atoms with E-state index >= 15 is 0 Å². The molecule has 2 rings (SSSR count). The molecule has 0 aliphatic carbocycles. The standard InChI is InChI=1S/C10H15NS/c1-8(2)11-5-3-9-4-6-12-10(9)7-11/h4,6,8H,3,5,7H2,1-2H3. The SMILES string of the molecule is CC(C)N1CCc2ccsc2C1. The highest BCUT2D eigenvalue weighted by Gasteiger charge is 2.18. The molecule has 0 N–H and O–H groups in total. The molecule has 0 saturated carbocycles.